The van der Waals surface area contributed by atoms with E-state index in [0.29, 0.717) is 17.3 Å². The standard InChI is InChI=1S/C23H26N2O3S/c1-15-12-16(2)14-19(13-15)25-17(3)20(22(26)28-11-10-27-4)21(24-23(25)29)18-8-6-5-7-9-18/h5-9,12-14,21H,10-11H2,1-4H3,(H,24,29)/t21-/m1/s1. The molecule has 0 aliphatic carbocycles. The zero-order valence-corrected chi connectivity index (χ0v) is 18.0. The number of carbonyl (C=O) groups excluding carboxylic acids is 1. The molecule has 0 saturated carbocycles. The molecule has 152 valence electrons. The molecule has 3 rings (SSSR count). The Morgan fingerprint density at radius 3 is 2.34 bits per heavy atom. The normalized spacial score (nSPS) is 16.6. The van der Waals surface area contributed by atoms with E-state index in [1.165, 1.54) is 0 Å². The van der Waals surface area contributed by atoms with Crippen molar-refractivity contribution in [1.29, 1.82) is 0 Å². The van der Waals surface area contributed by atoms with Crippen molar-refractivity contribution in [3.63, 3.8) is 0 Å². The first-order valence-corrected chi connectivity index (χ1v) is 9.94. The molecule has 1 heterocycles. The number of hydrogen-bond donors (Lipinski definition) is 1. The minimum atomic E-state index is -0.377. The third kappa shape index (κ3) is 4.66. The van der Waals surface area contributed by atoms with E-state index in [9.17, 15) is 4.79 Å². The second-order valence-electron chi connectivity index (χ2n) is 7.10. The zero-order valence-electron chi connectivity index (χ0n) is 17.2. The van der Waals surface area contributed by atoms with Crippen LogP contribution in [0.3, 0.4) is 0 Å². The molecule has 0 saturated heterocycles. The average Bonchev–Trinajstić information content (AvgIpc) is 2.67. The quantitative estimate of drug-likeness (QED) is 0.438. The number of esters is 1. The van der Waals surface area contributed by atoms with E-state index in [-0.39, 0.29) is 18.6 Å². The Bertz CT molecular complexity index is 920. The van der Waals surface area contributed by atoms with E-state index in [0.717, 1.165) is 28.1 Å². The minimum Gasteiger partial charge on any atom is -0.460 e. The number of nitrogens with zero attached hydrogens (tertiary/aromatic N) is 1. The molecule has 1 aliphatic heterocycles. The van der Waals surface area contributed by atoms with Gasteiger partial charge < -0.3 is 14.8 Å². The van der Waals surface area contributed by atoms with Crippen molar-refractivity contribution in [2.24, 2.45) is 0 Å². The van der Waals surface area contributed by atoms with Gasteiger partial charge in [0.15, 0.2) is 5.11 Å². The lowest BCUT2D eigenvalue weighted by atomic mass is 9.94. The van der Waals surface area contributed by atoms with Gasteiger partial charge in [-0.15, -0.1) is 0 Å². The van der Waals surface area contributed by atoms with Gasteiger partial charge in [0.25, 0.3) is 0 Å². The number of carbonyl (C=O) groups is 1. The monoisotopic (exact) mass is 410 g/mol. The molecule has 1 atom stereocenters. The van der Waals surface area contributed by atoms with E-state index in [2.05, 4.69) is 23.5 Å². The Morgan fingerprint density at radius 1 is 1.07 bits per heavy atom. The van der Waals surface area contributed by atoms with Crippen LogP contribution in [0, 0.1) is 13.8 Å². The summed E-state index contributed by atoms with van der Waals surface area (Å²) in [4.78, 5) is 14.9. The van der Waals surface area contributed by atoms with Crippen molar-refractivity contribution in [2.75, 3.05) is 25.2 Å². The van der Waals surface area contributed by atoms with Gasteiger partial charge >= 0.3 is 5.97 Å². The molecule has 5 nitrogen and oxygen atoms in total. The van der Waals surface area contributed by atoms with Crippen LogP contribution < -0.4 is 10.2 Å². The lowest BCUT2D eigenvalue weighted by Gasteiger charge is -2.37. The highest BCUT2D eigenvalue weighted by molar-refractivity contribution is 7.80. The lowest BCUT2D eigenvalue weighted by molar-refractivity contribution is -0.140. The first kappa shape index (κ1) is 21.0. The van der Waals surface area contributed by atoms with Crippen LogP contribution >= 0.6 is 12.2 Å². The fourth-order valence-electron chi connectivity index (χ4n) is 3.59. The van der Waals surface area contributed by atoms with Crippen LogP contribution in [0.25, 0.3) is 0 Å². The zero-order chi connectivity index (χ0) is 21.0. The lowest BCUT2D eigenvalue weighted by Crippen LogP contribution is -2.48. The molecule has 1 N–H and O–H groups in total. The summed E-state index contributed by atoms with van der Waals surface area (Å²) in [6, 6.07) is 15.6. The van der Waals surface area contributed by atoms with Crippen molar-refractivity contribution < 1.29 is 14.3 Å². The highest BCUT2D eigenvalue weighted by Gasteiger charge is 2.35. The smallest absolute Gasteiger partial charge is 0.338 e. The van der Waals surface area contributed by atoms with Gasteiger partial charge in [-0.05, 0) is 61.8 Å². The van der Waals surface area contributed by atoms with Gasteiger partial charge in [-0.1, -0.05) is 36.4 Å². The summed E-state index contributed by atoms with van der Waals surface area (Å²) in [5.74, 6) is -0.377. The molecule has 0 aromatic heterocycles. The number of benzene rings is 2. The number of anilines is 1. The number of aryl methyl sites for hydroxylation is 2. The number of ether oxygens (including phenoxy) is 2. The third-order valence-corrected chi connectivity index (χ3v) is 5.12. The maximum Gasteiger partial charge on any atom is 0.338 e. The van der Waals surface area contributed by atoms with Crippen molar-refractivity contribution >= 4 is 29.0 Å². The topological polar surface area (TPSA) is 50.8 Å². The van der Waals surface area contributed by atoms with Crippen LogP contribution in [0.1, 0.15) is 29.7 Å². The van der Waals surface area contributed by atoms with Crippen LogP contribution in [-0.2, 0) is 14.3 Å². The van der Waals surface area contributed by atoms with Gasteiger partial charge in [0.2, 0.25) is 0 Å². The van der Waals surface area contributed by atoms with Crippen LogP contribution in [-0.4, -0.2) is 31.4 Å². The molecule has 0 bridgehead atoms. The fourth-order valence-corrected chi connectivity index (χ4v) is 3.95. The third-order valence-electron chi connectivity index (χ3n) is 4.82. The Hall–Kier alpha value is -2.70. The summed E-state index contributed by atoms with van der Waals surface area (Å²) >= 11 is 5.70. The number of methoxy groups -OCH3 is 1. The molecule has 29 heavy (non-hydrogen) atoms. The van der Waals surface area contributed by atoms with Gasteiger partial charge in [-0.2, -0.15) is 0 Å². The second kappa shape index (κ2) is 9.20. The second-order valence-corrected chi connectivity index (χ2v) is 7.49. The molecule has 0 fully saturated rings. The van der Waals surface area contributed by atoms with Gasteiger partial charge in [0, 0.05) is 18.5 Å². The summed E-state index contributed by atoms with van der Waals surface area (Å²) in [5.41, 5.74) is 5.43. The van der Waals surface area contributed by atoms with Crippen molar-refractivity contribution in [3.8, 4) is 0 Å². The molecule has 0 radical (unpaired) electrons. The molecule has 0 spiro atoms. The summed E-state index contributed by atoms with van der Waals surface area (Å²) in [5, 5.41) is 3.89. The number of hydrogen-bond acceptors (Lipinski definition) is 4. The predicted octanol–water partition coefficient (Wildman–Crippen LogP) is 4.20. The highest BCUT2D eigenvalue weighted by Crippen LogP contribution is 2.34. The highest BCUT2D eigenvalue weighted by atomic mass is 32.1. The maximum absolute atomic E-state index is 13.0. The van der Waals surface area contributed by atoms with E-state index < -0.39 is 0 Å². The Morgan fingerprint density at radius 2 is 1.72 bits per heavy atom. The van der Waals surface area contributed by atoms with E-state index >= 15 is 0 Å². The Labute approximate surface area is 177 Å². The Balaban J connectivity index is 2.08. The van der Waals surface area contributed by atoms with Gasteiger partial charge in [-0.3, -0.25) is 4.90 Å². The van der Waals surface area contributed by atoms with Gasteiger partial charge in [0.05, 0.1) is 18.2 Å². The first-order valence-electron chi connectivity index (χ1n) is 9.53. The van der Waals surface area contributed by atoms with E-state index in [1.54, 1.807) is 7.11 Å². The largest absolute Gasteiger partial charge is 0.460 e. The average molecular weight is 411 g/mol. The number of thiocarbonyl (C=S) groups is 1. The summed E-state index contributed by atoms with van der Waals surface area (Å²) < 4.78 is 10.5. The number of rotatable bonds is 6. The number of allylic oxidation sites excluding steroid dienone is 1. The van der Waals surface area contributed by atoms with Crippen LogP contribution in [0.4, 0.5) is 5.69 Å². The van der Waals surface area contributed by atoms with Gasteiger partial charge in [0.1, 0.15) is 6.61 Å². The fraction of sp³-hybridized carbons (Fsp3) is 0.304. The maximum atomic E-state index is 13.0. The summed E-state index contributed by atoms with van der Waals surface area (Å²) in [7, 11) is 1.58. The summed E-state index contributed by atoms with van der Waals surface area (Å²) in [6.45, 7) is 6.54. The van der Waals surface area contributed by atoms with Gasteiger partial charge in [-0.25, -0.2) is 4.79 Å². The molecular formula is C23H26N2O3S. The molecule has 0 amide bonds. The van der Waals surface area contributed by atoms with Crippen molar-refractivity contribution in [1.82, 2.24) is 5.32 Å². The van der Waals surface area contributed by atoms with Crippen LogP contribution in [0.2, 0.25) is 0 Å². The molecular weight excluding hydrogens is 384 g/mol. The molecule has 2 aromatic rings. The molecule has 6 heteroatoms. The molecule has 0 unspecified atom stereocenters. The SMILES string of the molecule is COCCOC(=O)C1=C(C)N(c2cc(C)cc(C)c2)C(=S)N[C@@H]1c1ccccc1. The molecule has 1 aliphatic rings. The van der Waals surface area contributed by atoms with Crippen molar-refractivity contribution in [2.45, 2.75) is 26.8 Å². The van der Waals surface area contributed by atoms with E-state index in [1.807, 2.05) is 56.0 Å². The summed E-state index contributed by atoms with van der Waals surface area (Å²) in [6.07, 6.45) is 0. The minimum absolute atomic E-state index is 0.196. The molecule has 2 aromatic carbocycles. The predicted molar refractivity (Wildman–Crippen MR) is 119 cm³/mol. The van der Waals surface area contributed by atoms with E-state index in [4.69, 9.17) is 21.7 Å². The number of nitrogens with one attached hydrogen (secondary N) is 1. The first-order chi connectivity index (χ1) is 13.9. The van der Waals surface area contributed by atoms with Crippen LogP contribution in [0.5, 0.6) is 0 Å². The van der Waals surface area contributed by atoms with Crippen LogP contribution in [0.15, 0.2) is 59.8 Å². The Kier molecular flexibility index (Phi) is 6.67. The van der Waals surface area contributed by atoms with Crippen molar-refractivity contribution in [3.05, 3.63) is 76.5 Å².